The molecule has 1 rings (SSSR count). The number of carboxylic acid groups (broad SMARTS) is 1. The van der Waals surface area contributed by atoms with Gasteiger partial charge in [-0.2, -0.15) is 0 Å². The first-order valence-electron chi connectivity index (χ1n) is 4.57. The predicted octanol–water partition coefficient (Wildman–Crippen LogP) is 2.29. The first-order valence-corrected chi connectivity index (χ1v) is 5.72. The third kappa shape index (κ3) is 2.97. The van der Waals surface area contributed by atoms with E-state index in [0.29, 0.717) is 4.90 Å². The van der Waals surface area contributed by atoms with Crippen molar-refractivity contribution in [2.24, 2.45) is 0 Å². The van der Waals surface area contributed by atoms with Crippen LogP contribution in [0.3, 0.4) is 0 Å². The van der Waals surface area contributed by atoms with Gasteiger partial charge < -0.3 is 9.66 Å². The molecule has 1 aromatic rings. The summed E-state index contributed by atoms with van der Waals surface area (Å²) < 4.78 is 11.6. The summed E-state index contributed by atoms with van der Waals surface area (Å²) in [6.45, 7) is 5.65. The van der Waals surface area contributed by atoms with E-state index >= 15 is 0 Å². The summed E-state index contributed by atoms with van der Waals surface area (Å²) in [5, 5.41) is 8.70. The molecule has 1 N–H and O–H groups in total. The number of aromatic carboxylic acids is 1. The van der Waals surface area contributed by atoms with Crippen LogP contribution in [-0.2, 0) is 11.2 Å². The summed E-state index contributed by atoms with van der Waals surface area (Å²) >= 11 is -1.12. The van der Waals surface area contributed by atoms with Gasteiger partial charge in [-0.3, -0.25) is 0 Å². The van der Waals surface area contributed by atoms with Gasteiger partial charge in [-0.1, -0.05) is 0 Å². The van der Waals surface area contributed by atoms with Crippen LogP contribution in [0, 0.1) is 0 Å². The number of hydrogen-bond donors (Lipinski definition) is 1. The van der Waals surface area contributed by atoms with Gasteiger partial charge in [0.05, 0.1) is 5.56 Å². The molecule has 0 aliphatic heterocycles. The lowest BCUT2D eigenvalue weighted by Crippen LogP contribution is -2.27. The Hall–Kier alpha value is -1.00. The molecule has 0 aromatic heterocycles. The maximum absolute atomic E-state index is 11.9. The Morgan fingerprint density at radius 3 is 2.07 bits per heavy atom. The highest BCUT2D eigenvalue weighted by Gasteiger charge is 2.27. The zero-order valence-electron chi connectivity index (χ0n) is 8.98. The molecule has 1 atom stereocenters. The highest BCUT2D eigenvalue weighted by atomic mass is 32.2. The van der Waals surface area contributed by atoms with Crippen molar-refractivity contribution < 1.29 is 14.5 Å². The lowest BCUT2D eigenvalue weighted by atomic mass is 10.2. The smallest absolute Gasteiger partial charge is 0.335 e. The van der Waals surface area contributed by atoms with Crippen molar-refractivity contribution in [3.05, 3.63) is 29.8 Å². The SMILES string of the molecule is CC(C)(C)[S@+]([O-])c1ccc(C(=O)O)cc1. The molecule has 0 spiro atoms. The van der Waals surface area contributed by atoms with E-state index in [9.17, 15) is 9.35 Å². The molecule has 0 unspecified atom stereocenters. The van der Waals surface area contributed by atoms with Gasteiger partial charge in [-0.05, 0) is 56.2 Å². The van der Waals surface area contributed by atoms with Crippen LogP contribution in [0.5, 0.6) is 0 Å². The monoisotopic (exact) mass is 226 g/mol. The third-order valence-corrected chi connectivity index (χ3v) is 3.68. The van der Waals surface area contributed by atoms with Gasteiger partial charge in [0.2, 0.25) is 0 Å². The molecule has 0 fully saturated rings. The summed E-state index contributed by atoms with van der Waals surface area (Å²) in [6, 6.07) is 6.15. The van der Waals surface area contributed by atoms with Crippen LogP contribution < -0.4 is 0 Å². The molecule has 4 heteroatoms. The fraction of sp³-hybridized carbons (Fsp3) is 0.364. The van der Waals surface area contributed by atoms with E-state index in [2.05, 4.69) is 0 Å². The summed E-state index contributed by atoms with van der Waals surface area (Å²) in [4.78, 5) is 11.3. The van der Waals surface area contributed by atoms with Crippen LogP contribution in [0.15, 0.2) is 29.2 Å². The van der Waals surface area contributed by atoms with Crippen molar-refractivity contribution in [3.63, 3.8) is 0 Å². The first kappa shape index (κ1) is 12.1. The maximum Gasteiger partial charge on any atom is 0.335 e. The van der Waals surface area contributed by atoms with Gasteiger partial charge >= 0.3 is 5.97 Å². The molecule has 3 nitrogen and oxygen atoms in total. The van der Waals surface area contributed by atoms with Crippen molar-refractivity contribution in [2.75, 3.05) is 0 Å². The largest absolute Gasteiger partial charge is 0.611 e. The maximum atomic E-state index is 11.9. The van der Waals surface area contributed by atoms with Crippen molar-refractivity contribution in [3.8, 4) is 0 Å². The highest BCUT2D eigenvalue weighted by Crippen LogP contribution is 2.24. The molecular formula is C11H14O3S. The second-order valence-electron chi connectivity index (χ2n) is 4.21. The lowest BCUT2D eigenvalue weighted by molar-refractivity contribution is 0.0697. The van der Waals surface area contributed by atoms with Gasteiger partial charge in [0.25, 0.3) is 0 Å². The Morgan fingerprint density at radius 1 is 1.27 bits per heavy atom. The minimum atomic E-state index is -1.12. The fourth-order valence-corrected chi connectivity index (χ4v) is 2.17. The number of carbonyl (C=O) groups is 1. The standard InChI is InChI=1S/C11H14O3S/c1-11(2,3)15(14)9-6-4-8(5-7-9)10(12)13/h4-7H,1-3H3,(H,12,13)/t15-/m1/s1. The summed E-state index contributed by atoms with van der Waals surface area (Å²) in [6.07, 6.45) is 0. The zero-order chi connectivity index (χ0) is 11.6. The van der Waals surface area contributed by atoms with E-state index in [0.717, 1.165) is 0 Å². The molecule has 82 valence electrons. The molecule has 0 aliphatic carbocycles. The Morgan fingerprint density at radius 2 is 1.73 bits per heavy atom. The topological polar surface area (TPSA) is 60.4 Å². The van der Waals surface area contributed by atoms with Gasteiger partial charge in [0.1, 0.15) is 4.75 Å². The molecule has 0 saturated carbocycles. The molecule has 0 heterocycles. The molecule has 0 saturated heterocycles. The Balaban J connectivity index is 2.94. The van der Waals surface area contributed by atoms with E-state index in [1.165, 1.54) is 12.1 Å². The van der Waals surface area contributed by atoms with E-state index < -0.39 is 17.1 Å². The Kier molecular flexibility index (Phi) is 3.42. The van der Waals surface area contributed by atoms with Crippen molar-refractivity contribution in [1.82, 2.24) is 0 Å². The third-order valence-electron chi connectivity index (χ3n) is 1.87. The summed E-state index contributed by atoms with van der Waals surface area (Å²) in [7, 11) is 0. The highest BCUT2D eigenvalue weighted by molar-refractivity contribution is 7.92. The molecule has 0 bridgehead atoms. The fourth-order valence-electron chi connectivity index (χ4n) is 1.07. The Labute approximate surface area is 92.3 Å². The van der Waals surface area contributed by atoms with Gasteiger partial charge in [0.15, 0.2) is 4.90 Å². The molecule has 0 aliphatic rings. The average Bonchev–Trinajstić information content (AvgIpc) is 2.15. The van der Waals surface area contributed by atoms with Crippen LogP contribution in [0.2, 0.25) is 0 Å². The van der Waals surface area contributed by atoms with E-state index in [-0.39, 0.29) is 10.3 Å². The van der Waals surface area contributed by atoms with E-state index in [1.54, 1.807) is 12.1 Å². The molecule has 0 amide bonds. The summed E-state index contributed by atoms with van der Waals surface area (Å²) in [5.74, 6) is -0.969. The van der Waals surface area contributed by atoms with Crippen molar-refractivity contribution >= 4 is 17.1 Å². The summed E-state index contributed by atoms with van der Waals surface area (Å²) in [5.41, 5.74) is 0.213. The normalized spacial score (nSPS) is 13.6. The van der Waals surface area contributed by atoms with Crippen molar-refractivity contribution in [2.45, 2.75) is 30.4 Å². The molecule has 1 aromatic carbocycles. The second kappa shape index (κ2) is 4.24. The quantitative estimate of drug-likeness (QED) is 0.787. The molecule has 15 heavy (non-hydrogen) atoms. The van der Waals surface area contributed by atoms with E-state index in [1.807, 2.05) is 20.8 Å². The van der Waals surface area contributed by atoms with E-state index in [4.69, 9.17) is 5.11 Å². The lowest BCUT2D eigenvalue weighted by Gasteiger charge is -2.23. The second-order valence-corrected chi connectivity index (χ2v) is 6.44. The Bertz CT molecular complexity index is 351. The van der Waals surface area contributed by atoms with Crippen LogP contribution in [0.1, 0.15) is 31.1 Å². The number of rotatable bonds is 2. The predicted molar refractivity (Wildman–Crippen MR) is 59.6 cm³/mol. The van der Waals surface area contributed by atoms with Crippen LogP contribution in [0.4, 0.5) is 0 Å². The molecular weight excluding hydrogens is 212 g/mol. The van der Waals surface area contributed by atoms with Crippen LogP contribution in [-0.4, -0.2) is 20.4 Å². The van der Waals surface area contributed by atoms with Crippen LogP contribution in [0.25, 0.3) is 0 Å². The first-order chi connectivity index (χ1) is 6.82. The van der Waals surface area contributed by atoms with Gasteiger partial charge in [0, 0.05) is 0 Å². The average molecular weight is 226 g/mol. The number of carboxylic acids is 1. The zero-order valence-corrected chi connectivity index (χ0v) is 9.80. The minimum absolute atomic E-state index is 0.213. The number of hydrogen-bond acceptors (Lipinski definition) is 2. The van der Waals surface area contributed by atoms with Crippen molar-refractivity contribution in [1.29, 1.82) is 0 Å². The van der Waals surface area contributed by atoms with Crippen LogP contribution >= 0.6 is 0 Å². The minimum Gasteiger partial charge on any atom is -0.611 e. The number of benzene rings is 1. The molecule has 0 radical (unpaired) electrons. The van der Waals surface area contributed by atoms with Gasteiger partial charge in [-0.25, -0.2) is 4.79 Å². The van der Waals surface area contributed by atoms with Gasteiger partial charge in [-0.15, -0.1) is 0 Å².